The topological polar surface area (TPSA) is 56.3 Å². The van der Waals surface area contributed by atoms with Crippen LogP contribution in [-0.2, 0) is 10.5 Å². The number of anilines is 1. The van der Waals surface area contributed by atoms with Gasteiger partial charge in [0.25, 0.3) is 0 Å². The van der Waals surface area contributed by atoms with Gasteiger partial charge in [0.05, 0.1) is 13.7 Å². The average Bonchev–Trinajstić information content (AvgIpc) is 2.93. The first-order chi connectivity index (χ1) is 10.2. The molecule has 0 bridgehead atoms. The highest BCUT2D eigenvalue weighted by Crippen LogP contribution is 2.32. The van der Waals surface area contributed by atoms with Gasteiger partial charge in [0.1, 0.15) is 5.75 Å². The molecule has 2 aromatic rings. The third-order valence-electron chi connectivity index (χ3n) is 2.58. The molecule has 0 aliphatic heterocycles. The maximum absolute atomic E-state index is 6.02. The number of nitrogens with one attached hydrogen (secondary N) is 1. The first-order valence-electron chi connectivity index (χ1n) is 6.24. The molecular formula is C13H16ClN3O2S2. The summed E-state index contributed by atoms with van der Waals surface area (Å²) >= 11 is 9.15. The summed E-state index contributed by atoms with van der Waals surface area (Å²) in [7, 11) is 3.32. The van der Waals surface area contributed by atoms with Crippen LogP contribution in [-0.4, -0.2) is 37.6 Å². The number of aromatic nitrogens is 2. The third-order valence-corrected chi connectivity index (χ3v) is 4.88. The van der Waals surface area contributed by atoms with E-state index >= 15 is 0 Å². The minimum Gasteiger partial charge on any atom is -0.496 e. The van der Waals surface area contributed by atoms with Crippen molar-refractivity contribution in [2.45, 2.75) is 10.1 Å². The summed E-state index contributed by atoms with van der Waals surface area (Å²) in [5.41, 5.74) is 1.04. The van der Waals surface area contributed by atoms with Crippen LogP contribution in [0.4, 0.5) is 5.13 Å². The molecule has 8 heteroatoms. The monoisotopic (exact) mass is 345 g/mol. The average molecular weight is 346 g/mol. The number of rotatable bonds is 8. The van der Waals surface area contributed by atoms with Gasteiger partial charge in [-0.25, -0.2) is 0 Å². The molecular weight excluding hydrogens is 330 g/mol. The molecule has 2 rings (SSSR count). The minimum absolute atomic E-state index is 0.641. The van der Waals surface area contributed by atoms with E-state index in [-0.39, 0.29) is 0 Å². The van der Waals surface area contributed by atoms with Gasteiger partial charge >= 0.3 is 0 Å². The van der Waals surface area contributed by atoms with E-state index in [4.69, 9.17) is 21.1 Å². The van der Waals surface area contributed by atoms with Crippen molar-refractivity contribution >= 4 is 39.8 Å². The lowest BCUT2D eigenvalue weighted by Crippen LogP contribution is -2.06. The molecule has 21 heavy (non-hydrogen) atoms. The first kappa shape index (κ1) is 16.4. The van der Waals surface area contributed by atoms with E-state index in [1.807, 2.05) is 18.2 Å². The molecule has 0 atom stereocenters. The Balaban J connectivity index is 1.92. The van der Waals surface area contributed by atoms with E-state index < -0.39 is 0 Å². The molecule has 1 N–H and O–H groups in total. The Morgan fingerprint density at radius 3 is 2.95 bits per heavy atom. The standard InChI is InChI=1S/C13H16ClN3O2S2/c1-18-6-5-15-12-16-17-13(21-12)20-8-9-7-10(14)3-4-11(9)19-2/h3-4,7H,5-6,8H2,1-2H3,(H,15,16). The van der Waals surface area contributed by atoms with E-state index in [0.29, 0.717) is 11.6 Å². The Morgan fingerprint density at radius 2 is 2.19 bits per heavy atom. The molecule has 0 amide bonds. The summed E-state index contributed by atoms with van der Waals surface area (Å²) in [6.07, 6.45) is 0. The molecule has 0 saturated heterocycles. The van der Waals surface area contributed by atoms with Gasteiger partial charge in [-0.05, 0) is 18.2 Å². The van der Waals surface area contributed by atoms with Gasteiger partial charge in [0.2, 0.25) is 5.13 Å². The highest BCUT2D eigenvalue weighted by molar-refractivity contribution is 8.00. The van der Waals surface area contributed by atoms with Crippen molar-refractivity contribution in [3.8, 4) is 5.75 Å². The quantitative estimate of drug-likeness (QED) is 0.583. The van der Waals surface area contributed by atoms with Crippen molar-refractivity contribution in [1.82, 2.24) is 10.2 Å². The van der Waals surface area contributed by atoms with Crippen molar-refractivity contribution < 1.29 is 9.47 Å². The number of nitrogens with zero attached hydrogens (tertiary/aromatic N) is 2. The minimum atomic E-state index is 0.641. The molecule has 0 unspecified atom stereocenters. The number of hydrogen-bond donors (Lipinski definition) is 1. The molecule has 0 aliphatic rings. The zero-order valence-electron chi connectivity index (χ0n) is 11.8. The Bertz CT molecular complexity index is 580. The van der Waals surface area contributed by atoms with Gasteiger partial charge in [-0.1, -0.05) is 34.7 Å². The van der Waals surface area contributed by atoms with Crippen molar-refractivity contribution in [3.05, 3.63) is 28.8 Å². The maximum atomic E-state index is 6.02. The fourth-order valence-corrected chi connectivity index (χ4v) is 3.55. The second kappa shape index (κ2) is 8.43. The van der Waals surface area contributed by atoms with E-state index in [9.17, 15) is 0 Å². The highest BCUT2D eigenvalue weighted by atomic mass is 35.5. The van der Waals surface area contributed by atoms with Crippen molar-refractivity contribution in [1.29, 1.82) is 0 Å². The second-order valence-corrected chi connectivity index (χ2v) is 6.67. The van der Waals surface area contributed by atoms with E-state index in [2.05, 4.69) is 15.5 Å². The van der Waals surface area contributed by atoms with Gasteiger partial charge in [-0.2, -0.15) is 0 Å². The predicted molar refractivity (Wildman–Crippen MR) is 87.8 cm³/mol. The zero-order valence-corrected chi connectivity index (χ0v) is 14.1. The fraction of sp³-hybridized carbons (Fsp3) is 0.385. The maximum Gasteiger partial charge on any atom is 0.206 e. The van der Waals surface area contributed by atoms with Crippen LogP contribution in [0.1, 0.15) is 5.56 Å². The lowest BCUT2D eigenvalue weighted by Gasteiger charge is -2.07. The number of halogens is 1. The first-order valence-corrected chi connectivity index (χ1v) is 8.42. The Morgan fingerprint density at radius 1 is 1.33 bits per heavy atom. The van der Waals surface area contributed by atoms with E-state index in [1.54, 1.807) is 26.0 Å². The summed E-state index contributed by atoms with van der Waals surface area (Å²) in [5, 5.41) is 12.9. The Labute approximate surface area is 137 Å². The Kier molecular flexibility index (Phi) is 6.56. The molecule has 5 nitrogen and oxygen atoms in total. The summed E-state index contributed by atoms with van der Waals surface area (Å²) in [6, 6.07) is 5.60. The predicted octanol–water partition coefficient (Wildman–Crippen LogP) is 3.55. The number of methoxy groups -OCH3 is 2. The number of thioether (sulfide) groups is 1. The molecule has 0 fully saturated rings. The molecule has 0 radical (unpaired) electrons. The van der Waals surface area contributed by atoms with E-state index in [1.165, 1.54) is 11.3 Å². The molecule has 1 aromatic carbocycles. The summed E-state index contributed by atoms with van der Waals surface area (Å²) in [6.45, 7) is 1.36. The van der Waals surface area contributed by atoms with Crippen LogP contribution in [0.3, 0.4) is 0 Å². The van der Waals surface area contributed by atoms with Crippen LogP contribution in [0, 0.1) is 0 Å². The van der Waals surface area contributed by atoms with Gasteiger partial charge in [-0.3, -0.25) is 0 Å². The lowest BCUT2D eigenvalue weighted by molar-refractivity contribution is 0.211. The van der Waals surface area contributed by atoms with Crippen LogP contribution in [0.2, 0.25) is 5.02 Å². The largest absolute Gasteiger partial charge is 0.496 e. The van der Waals surface area contributed by atoms with Gasteiger partial charge < -0.3 is 14.8 Å². The number of ether oxygens (including phenoxy) is 2. The normalized spacial score (nSPS) is 10.6. The molecule has 0 spiro atoms. The molecule has 1 aromatic heterocycles. The molecule has 114 valence electrons. The Hall–Kier alpha value is -1.02. The lowest BCUT2D eigenvalue weighted by atomic mass is 10.2. The number of benzene rings is 1. The van der Waals surface area contributed by atoms with Crippen molar-refractivity contribution in [3.63, 3.8) is 0 Å². The van der Waals surface area contributed by atoms with Gasteiger partial charge in [0, 0.05) is 30.0 Å². The van der Waals surface area contributed by atoms with Crippen LogP contribution in [0.15, 0.2) is 22.5 Å². The van der Waals surface area contributed by atoms with Crippen molar-refractivity contribution in [2.75, 3.05) is 32.7 Å². The van der Waals surface area contributed by atoms with Crippen LogP contribution in [0.25, 0.3) is 0 Å². The number of hydrogen-bond acceptors (Lipinski definition) is 7. The van der Waals surface area contributed by atoms with Crippen LogP contribution in [0.5, 0.6) is 5.75 Å². The smallest absolute Gasteiger partial charge is 0.206 e. The summed E-state index contributed by atoms with van der Waals surface area (Å²) in [5.74, 6) is 1.56. The summed E-state index contributed by atoms with van der Waals surface area (Å²) in [4.78, 5) is 0. The SMILES string of the molecule is COCCNc1nnc(SCc2cc(Cl)ccc2OC)s1. The van der Waals surface area contributed by atoms with Crippen molar-refractivity contribution in [2.24, 2.45) is 0 Å². The zero-order chi connectivity index (χ0) is 15.1. The fourth-order valence-electron chi connectivity index (χ4n) is 1.60. The third kappa shape index (κ3) is 5.03. The van der Waals surface area contributed by atoms with Crippen LogP contribution >= 0.6 is 34.7 Å². The van der Waals surface area contributed by atoms with Crippen LogP contribution < -0.4 is 10.1 Å². The van der Waals surface area contributed by atoms with Gasteiger partial charge in [0.15, 0.2) is 4.34 Å². The van der Waals surface area contributed by atoms with Gasteiger partial charge in [-0.15, -0.1) is 10.2 Å². The molecule has 0 aliphatic carbocycles. The second-order valence-electron chi connectivity index (χ2n) is 4.04. The summed E-state index contributed by atoms with van der Waals surface area (Å²) < 4.78 is 11.2. The molecule has 0 saturated carbocycles. The highest BCUT2D eigenvalue weighted by Gasteiger charge is 2.08. The van der Waals surface area contributed by atoms with E-state index in [0.717, 1.165) is 33.1 Å². The molecule has 1 heterocycles.